The Kier molecular flexibility index (Phi) is 5.82. The number of amides is 1. The molecule has 0 unspecified atom stereocenters. The molecule has 3 aliphatic rings. The maximum absolute atomic E-state index is 12.8. The summed E-state index contributed by atoms with van der Waals surface area (Å²) in [7, 11) is 0. The van der Waals surface area contributed by atoms with Crippen LogP contribution in [-0.2, 0) is 19.1 Å². The van der Waals surface area contributed by atoms with Gasteiger partial charge in [-0.3, -0.25) is 14.4 Å². The van der Waals surface area contributed by atoms with E-state index in [2.05, 4.69) is 5.32 Å². The summed E-state index contributed by atoms with van der Waals surface area (Å²) in [5.41, 5.74) is 2.84. The number of allylic oxidation sites excluding steroid dienone is 4. The summed E-state index contributed by atoms with van der Waals surface area (Å²) in [6.07, 6.45) is 3.96. The smallest absolute Gasteiger partial charge is 0.262 e. The number of ketones is 2. The van der Waals surface area contributed by atoms with Gasteiger partial charge in [0.1, 0.15) is 17.3 Å². The Morgan fingerprint density at radius 2 is 1.45 bits per heavy atom. The molecule has 1 N–H and O–H groups in total. The second-order valence-electron chi connectivity index (χ2n) is 8.53. The van der Waals surface area contributed by atoms with Crippen molar-refractivity contribution in [2.75, 3.05) is 11.9 Å². The minimum atomic E-state index is -0.389. The summed E-state index contributed by atoms with van der Waals surface area (Å²) in [6, 6.07) is 16.5. The highest BCUT2D eigenvalue weighted by molar-refractivity contribution is 6.05. The highest BCUT2D eigenvalue weighted by Gasteiger charge is 2.41. The Labute approximate surface area is 192 Å². The third-order valence-corrected chi connectivity index (χ3v) is 6.28. The van der Waals surface area contributed by atoms with Gasteiger partial charge in [0.05, 0.1) is 0 Å². The molecule has 2 aliphatic carbocycles. The van der Waals surface area contributed by atoms with E-state index in [0.29, 0.717) is 35.4 Å². The highest BCUT2D eigenvalue weighted by Crippen LogP contribution is 2.47. The first-order chi connectivity index (χ1) is 16.1. The number of Topliss-reactive ketones (excluding diaryl/α,β-unsaturated/α-hetero) is 2. The Hall–Kier alpha value is -3.67. The first-order valence-electron chi connectivity index (χ1n) is 11.4. The Morgan fingerprint density at radius 3 is 2.06 bits per heavy atom. The van der Waals surface area contributed by atoms with E-state index in [9.17, 15) is 14.4 Å². The normalized spacial score (nSPS) is 18.4. The van der Waals surface area contributed by atoms with Gasteiger partial charge < -0.3 is 14.8 Å². The standard InChI is InChI=1S/C27H25NO5/c29-20-8-4-10-22-26(20)25(27-21(30)9-5-11-23(27)33-22)17-12-14-19(15-13-17)32-16-24(31)28-18-6-2-1-3-7-18/h1-3,6-7,12-15,25H,4-5,8-11,16H2,(H,28,31). The topological polar surface area (TPSA) is 81.7 Å². The van der Waals surface area contributed by atoms with E-state index in [4.69, 9.17) is 9.47 Å². The van der Waals surface area contributed by atoms with Crippen LogP contribution in [-0.4, -0.2) is 24.1 Å². The first-order valence-corrected chi connectivity index (χ1v) is 11.4. The lowest BCUT2D eigenvalue weighted by Crippen LogP contribution is -2.30. The molecule has 0 spiro atoms. The predicted octanol–water partition coefficient (Wildman–Crippen LogP) is 4.83. The predicted molar refractivity (Wildman–Crippen MR) is 123 cm³/mol. The summed E-state index contributed by atoms with van der Waals surface area (Å²) >= 11 is 0. The lowest BCUT2D eigenvalue weighted by molar-refractivity contribution is -0.119. The molecule has 2 aromatic rings. The minimum absolute atomic E-state index is 0.0593. The summed E-state index contributed by atoms with van der Waals surface area (Å²) in [5.74, 6) is 1.47. The van der Waals surface area contributed by atoms with Crippen LogP contribution in [0.25, 0.3) is 0 Å². The fourth-order valence-corrected chi connectivity index (χ4v) is 4.77. The van der Waals surface area contributed by atoms with E-state index in [-0.39, 0.29) is 30.0 Å². The van der Waals surface area contributed by atoms with Gasteiger partial charge in [0, 0.05) is 48.4 Å². The van der Waals surface area contributed by atoms with Gasteiger partial charge in [0.25, 0.3) is 5.91 Å². The molecule has 0 bridgehead atoms. The number of hydrogen-bond acceptors (Lipinski definition) is 5. The number of hydrogen-bond donors (Lipinski definition) is 1. The lowest BCUT2D eigenvalue weighted by Gasteiger charge is -2.36. The minimum Gasteiger partial charge on any atom is -0.484 e. The van der Waals surface area contributed by atoms with E-state index in [0.717, 1.165) is 42.8 Å². The Balaban J connectivity index is 1.35. The van der Waals surface area contributed by atoms with Gasteiger partial charge >= 0.3 is 0 Å². The van der Waals surface area contributed by atoms with Crippen LogP contribution in [0.1, 0.15) is 50.0 Å². The van der Waals surface area contributed by atoms with E-state index in [1.54, 1.807) is 12.1 Å². The van der Waals surface area contributed by atoms with Gasteiger partial charge in [-0.25, -0.2) is 0 Å². The second kappa shape index (κ2) is 9.06. The zero-order valence-corrected chi connectivity index (χ0v) is 18.3. The number of carbonyl (C=O) groups excluding carboxylic acids is 3. The monoisotopic (exact) mass is 443 g/mol. The van der Waals surface area contributed by atoms with Crippen molar-refractivity contribution >= 4 is 23.2 Å². The van der Waals surface area contributed by atoms with Crippen LogP contribution in [0.3, 0.4) is 0 Å². The van der Waals surface area contributed by atoms with Crippen molar-refractivity contribution in [3.05, 3.63) is 82.8 Å². The van der Waals surface area contributed by atoms with Crippen LogP contribution in [0, 0.1) is 0 Å². The Morgan fingerprint density at radius 1 is 0.848 bits per heavy atom. The van der Waals surface area contributed by atoms with Crippen LogP contribution in [0.5, 0.6) is 5.75 Å². The molecule has 33 heavy (non-hydrogen) atoms. The molecule has 0 aromatic heterocycles. The Bertz CT molecular complexity index is 1120. The molecule has 0 saturated carbocycles. The molecule has 0 atom stereocenters. The number of rotatable bonds is 5. The highest BCUT2D eigenvalue weighted by atomic mass is 16.5. The van der Waals surface area contributed by atoms with Crippen LogP contribution in [0.4, 0.5) is 5.69 Å². The van der Waals surface area contributed by atoms with Gasteiger partial charge in [0.15, 0.2) is 18.2 Å². The number of anilines is 1. The van der Waals surface area contributed by atoms with Crippen molar-refractivity contribution in [3.63, 3.8) is 0 Å². The average molecular weight is 443 g/mol. The van der Waals surface area contributed by atoms with Crippen LogP contribution in [0.15, 0.2) is 77.3 Å². The van der Waals surface area contributed by atoms with Crippen molar-refractivity contribution in [1.29, 1.82) is 0 Å². The molecule has 0 radical (unpaired) electrons. The zero-order valence-electron chi connectivity index (χ0n) is 18.3. The van der Waals surface area contributed by atoms with E-state index in [1.807, 2.05) is 42.5 Å². The molecule has 5 rings (SSSR count). The second-order valence-corrected chi connectivity index (χ2v) is 8.53. The molecule has 0 fully saturated rings. The summed E-state index contributed by atoms with van der Waals surface area (Å²) in [6.45, 7) is -0.118. The van der Waals surface area contributed by atoms with Gasteiger partial charge in [-0.15, -0.1) is 0 Å². The lowest BCUT2D eigenvalue weighted by atomic mass is 9.73. The molecule has 168 valence electrons. The van der Waals surface area contributed by atoms with Gasteiger partial charge in [-0.2, -0.15) is 0 Å². The molecular formula is C27H25NO5. The number of benzene rings is 2. The van der Waals surface area contributed by atoms with Crippen LogP contribution in [0.2, 0.25) is 0 Å². The van der Waals surface area contributed by atoms with Gasteiger partial charge in [-0.1, -0.05) is 30.3 Å². The number of nitrogens with one attached hydrogen (secondary N) is 1. The average Bonchev–Trinajstić information content (AvgIpc) is 2.83. The molecule has 6 nitrogen and oxygen atoms in total. The van der Waals surface area contributed by atoms with Gasteiger partial charge in [0.2, 0.25) is 0 Å². The fraction of sp³-hybridized carbons (Fsp3) is 0.296. The molecule has 0 saturated heterocycles. The molecule has 1 aliphatic heterocycles. The number of ether oxygens (including phenoxy) is 2. The number of para-hydroxylation sites is 1. The van der Waals surface area contributed by atoms with Crippen molar-refractivity contribution < 1.29 is 23.9 Å². The van der Waals surface area contributed by atoms with Crippen molar-refractivity contribution in [3.8, 4) is 5.75 Å². The van der Waals surface area contributed by atoms with Crippen molar-refractivity contribution in [2.24, 2.45) is 0 Å². The fourth-order valence-electron chi connectivity index (χ4n) is 4.77. The molecule has 1 heterocycles. The van der Waals surface area contributed by atoms with Crippen LogP contribution >= 0.6 is 0 Å². The summed E-state index contributed by atoms with van der Waals surface area (Å²) in [5, 5.41) is 2.78. The maximum atomic E-state index is 12.8. The molecule has 6 heteroatoms. The summed E-state index contributed by atoms with van der Waals surface area (Å²) < 4.78 is 11.7. The number of carbonyl (C=O) groups is 3. The maximum Gasteiger partial charge on any atom is 0.262 e. The van der Waals surface area contributed by atoms with Crippen LogP contribution < -0.4 is 10.1 Å². The third kappa shape index (κ3) is 4.33. The van der Waals surface area contributed by atoms with Crippen molar-refractivity contribution in [1.82, 2.24) is 0 Å². The quantitative estimate of drug-likeness (QED) is 0.716. The SMILES string of the molecule is O=C(COc1ccc(C2C3=C(CCCC3=O)OC3=C2C(=O)CCC3)cc1)Nc1ccccc1. The molecular weight excluding hydrogens is 418 g/mol. The van der Waals surface area contributed by atoms with Gasteiger partial charge in [-0.05, 0) is 42.7 Å². The van der Waals surface area contributed by atoms with Crippen molar-refractivity contribution in [2.45, 2.75) is 44.4 Å². The summed E-state index contributed by atoms with van der Waals surface area (Å²) in [4.78, 5) is 37.8. The third-order valence-electron chi connectivity index (χ3n) is 6.28. The van der Waals surface area contributed by atoms with E-state index in [1.165, 1.54) is 0 Å². The molecule has 2 aromatic carbocycles. The first kappa shape index (κ1) is 21.2. The van der Waals surface area contributed by atoms with E-state index < -0.39 is 0 Å². The molecule has 1 amide bonds. The zero-order chi connectivity index (χ0) is 22.8. The largest absolute Gasteiger partial charge is 0.484 e. The van der Waals surface area contributed by atoms with E-state index >= 15 is 0 Å².